The van der Waals surface area contributed by atoms with E-state index in [4.69, 9.17) is 0 Å². The molecule has 4 aromatic rings. The Morgan fingerprint density at radius 1 is 0.967 bits per heavy atom. The first-order valence-corrected chi connectivity index (χ1v) is 11.0. The van der Waals surface area contributed by atoms with E-state index in [2.05, 4.69) is 15.8 Å². The van der Waals surface area contributed by atoms with Gasteiger partial charge in [-0.1, -0.05) is 30.3 Å². The average molecular weight is 434 g/mol. The van der Waals surface area contributed by atoms with E-state index < -0.39 is 0 Å². The predicted molar refractivity (Wildman–Crippen MR) is 125 cm³/mol. The summed E-state index contributed by atoms with van der Waals surface area (Å²) in [5.74, 6) is -0.387. The number of amides is 2. The number of carbonyl (C=O) groups is 2. The highest BCUT2D eigenvalue weighted by atomic mass is 32.1. The van der Waals surface area contributed by atoms with Gasteiger partial charge in [-0.25, -0.2) is 5.43 Å². The molecule has 0 aliphatic carbocycles. The molecule has 5 nitrogen and oxygen atoms in total. The summed E-state index contributed by atoms with van der Waals surface area (Å²) in [5.41, 5.74) is 5.37. The second kappa shape index (κ2) is 8.61. The van der Waals surface area contributed by atoms with Crippen molar-refractivity contribution in [3.8, 4) is 0 Å². The topological polar surface area (TPSA) is 70.6 Å². The fourth-order valence-corrected chi connectivity index (χ4v) is 4.69. The molecule has 4 rings (SSSR count). The Hall–Kier alpha value is -3.29. The summed E-state index contributed by atoms with van der Waals surface area (Å²) in [4.78, 5) is 26.7. The molecule has 0 saturated heterocycles. The molecule has 30 heavy (non-hydrogen) atoms. The Bertz CT molecular complexity index is 1270. The van der Waals surface area contributed by atoms with Crippen LogP contribution in [0.15, 0.2) is 71.1 Å². The molecule has 2 N–H and O–H groups in total. The lowest BCUT2D eigenvalue weighted by molar-refractivity contribution is 0.0956. The lowest BCUT2D eigenvalue weighted by Crippen LogP contribution is -2.19. The molecule has 0 radical (unpaired) electrons. The van der Waals surface area contributed by atoms with Crippen LogP contribution in [0.4, 0.5) is 5.69 Å². The van der Waals surface area contributed by atoms with Gasteiger partial charge in [-0.05, 0) is 49.7 Å². The molecule has 2 heterocycles. The minimum atomic E-state index is -0.246. The Kier molecular flexibility index (Phi) is 5.74. The molecular weight excluding hydrogens is 414 g/mol. The van der Waals surface area contributed by atoms with Crippen LogP contribution < -0.4 is 10.7 Å². The molecule has 7 heteroatoms. The van der Waals surface area contributed by atoms with E-state index in [1.807, 2.05) is 79.9 Å². The number of nitrogens with one attached hydrogen (secondary N) is 2. The van der Waals surface area contributed by atoms with Crippen LogP contribution >= 0.6 is 22.7 Å². The molecule has 0 aliphatic rings. The van der Waals surface area contributed by atoms with E-state index in [1.54, 1.807) is 0 Å². The smallest absolute Gasteiger partial charge is 0.272 e. The average Bonchev–Trinajstić information content (AvgIpc) is 3.38. The molecule has 2 aromatic carbocycles. The summed E-state index contributed by atoms with van der Waals surface area (Å²) in [6.45, 7) is 3.78. The Morgan fingerprint density at radius 3 is 2.60 bits per heavy atom. The number of aryl methyl sites for hydroxylation is 1. The standard InChI is InChI=1S/C23H19N3O2S2/c1-14-10-11-21(30-14)23(28)24-17-7-5-6-16(12-17)15(2)25-26-22(27)19-13-29-20-9-4-3-8-18(19)20/h3-13H,1-2H3,(H,24,28)(H,26,27). The van der Waals surface area contributed by atoms with E-state index >= 15 is 0 Å². The number of benzene rings is 2. The Balaban J connectivity index is 1.47. The van der Waals surface area contributed by atoms with Gasteiger partial charge in [0, 0.05) is 26.0 Å². The second-order valence-corrected chi connectivity index (χ2v) is 8.93. The van der Waals surface area contributed by atoms with Crippen molar-refractivity contribution in [2.45, 2.75) is 13.8 Å². The van der Waals surface area contributed by atoms with E-state index in [0.717, 1.165) is 20.5 Å². The summed E-state index contributed by atoms with van der Waals surface area (Å²) < 4.78 is 1.06. The molecule has 0 bridgehead atoms. The second-order valence-electron chi connectivity index (χ2n) is 6.73. The van der Waals surface area contributed by atoms with Gasteiger partial charge in [-0.2, -0.15) is 5.10 Å². The van der Waals surface area contributed by atoms with Gasteiger partial charge in [0.2, 0.25) is 0 Å². The van der Waals surface area contributed by atoms with E-state index in [-0.39, 0.29) is 11.8 Å². The molecule has 0 saturated carbocycles. The van der Waals surface area contributed by atoms with Crippen LogP contribution in [0.1, 0.15) is 37.4 Å². The SMILES string of the molecule is CC(=NNC(=O)c1csc2ccccc12)c1cccc(NC(=O)c2ccc(C)s2)c1. The first-order valence-electron chi connectivity index (χ1n) is 9.30. The molecule has 0 unspecified atom stereocenters. The van der Waals surface area contributed by atoms with Crippen LogP contribution in [0.2, 0.25) is 0 Å². The summed E-state index contributed by atoms with van der Waals surface area (Å²) in [5, 5.41) is 9.91. The van der Waals surface area contributed by atoms with Gasteiger partial charge in [0.15, 0.2) is 0 Å². The normalized spacial score (nSPS) is 11.5. The molecule has 0 fully saturated rings. The third-order valence-electron chi connectivity index (χ3n) is 4.55. The molecule has 2 amide bonds. The maximum Gasteiger partial charge on any atom is 0.272 e. The quantitative estimate of drug-likeness (QED) is 0.314. The summed E-state index contributed by atoms with van der Waals surface area (Å²) in [7, 11) is 0. The number of hydrogen-bond donors (Lipinski definition) is 2. The highest BCUT2D eigenvalue weighted by molar-refractivity contribution is 7.17. The van der Waals surface area contributed by atoms with Gasteiger partial charge < -0.3 is 5.32 Å². The number of nitrogens with zero attached hydrogens (tertiary/aromatic N) is 1. The molecular formula is C23H19N3O2S2. The summed E-state index contributed by atoms with van der Waals surface area (Å²) >= 11 is 2.99. The molecule has 0 atom stereocenters. The number of thiophene rings is 2. The van der Waals surface area contributed by atoms with Crippen molar-refractivity contribution >= 4 is 56.0 Å². The number of rotatable bonds is 5. The van der Waals surface area contributed by atoms with Crippen LogP contribution in [0.5, 0.6) is 0 Å². The first-order chi connectivity index (χ1) is 14.5. The number of anilines is 1. The fourth-order valence-electron chi connectivity index (χ4n) is 2.98. The van der Waals surface area contributed by atoms with E-state index in [9.17, 15) is 9.59 Å². The highest BCUT2D eigenvalue weighted by Crippen LogP contribution is 2.25. The molecule has 2 aromatic heterocycles. The number of hydrazone groups is 1. The van der Waals surface area contributed by atoms with Crippen LogP contribution in [0, 0.1) is 6.92 Å². The Morgan fingerprint density at radius 2 is 1.80 bits per heavy atom. The molecule has 0 spiro atoms. The number of carbonyl (C=O) groups excluding carboxylic acids is 2. The zero-order valence-electron chi connectivity index (χ0n) is 16.4. The van der Waals surface area contributed by atoms with Crippen molar-refractivity contribution in [1.29, 1.82) is 0 Å². The highest BCUT2D eigenvalue weighted by Gasteiger charge is 2.12. The third kappa shape index (κ3) is 4.32. The zero-order valence-corrected chi connectivity index (χ0v) is 18.1. The van der Waals surface area contributed by atoms with Gasteiger partial charge in [-0.3, -0.25) is 9.59 Å². The first kappa shape index (κ1) is 20.0. The maximum absolute atomic E-state index is 12.6. The van der Waals surface area contributed by atoms with Gasteiger partial charge >= 0.3 is 0 Å². The van der Waals surface area contributed by atoms with Gasteiger partial charge in [0.05, 0.1) is 16.2 Å². The van der Waals surface area contributed by atoms with E-state index in [1.165, 1.54) is 22.7 Å². The van der Waals surface area contributed by atoms with Gasteiger partial charge in [0.25, 0.3) is 11.8 Å². The largest absolute Gasteiger partial charge is 0.321 e. The van der Waals surface area contributed by atoms with Crippen LogP contribution in [-0.4, -0.2) is 17.5 Å². The molecule has 0 aliphatic heterocycles. The molecule has 150 valence electrons. The van der Waals surface area contributed by atoms with E-state index in [0.29, 0.717) is 21.8 Å². The van der Waals surface area contributed by atoms with Crippen molar-refractivity contribution in [3.05, 3.63) is 86.9 Å². The lowest BCUT2D eigenvalue weighted by atomic mass is 10.1. The van der Waals surface area contributed by atoms with Gasteiger partial charge in [0.1, 0.15) is 0 Å². The maximum atomic E-state index is 12.6. The van der Waals surface area contributed by atoms with Crippen molar-refractivity contribution < 1.29 is 9.59 Å². The van der Waals surface area contributed by atoms with Crippen molar-refractivity contribution in [2.24, 2.45) is 5.10 Å². The number of fused-ring (bicyclic) bond motifs is 1. The van der Waals surface area contributed by atoms with Crippen molar-refractivity contribution in [1.82, 2.24) is 5.43 Å². The third-order valence-corrected chi connectivity index (χ3v) is 6.52. The predicted octanol–water partition coefficient (Wildman–Crippen LogP) is 5.68. The van der Waals surface area contributed by atoms with Crippen LogP contribution in [-0.2, 0) is 0 Å². The number of hydrogen-bond acceptors (Lipinski definition) is 5. The van der Waals surface area contributed by atoms with Crippen molar-refractivity contribution in [3.63, 3.8) is 0 Å². The van der Waals surface area contributed by atoms with Crippen LogP contribution in [0.3, 0.4) is 0 Å². The summed E-state index contributed by atoms with van der Waals surface area (Å²) in [6, 6.07) is 18.9. The van der Waals surface area contributed by atoms with Crippen molar-refractivity contribution in [2.75, 3.05) is 5.32 Å². The summed E-state index contributed by atoms with van der Waals surface area (Å²) in [6.07, 6.45) is 0. The van der Waals surface area contributed by atoms with Crippen LogP contribution in [0.25, 0.3) is 10.1 Å². The lowest BCUT2D eigenvalue weighted by Gasteiger charge is -2.07. The minimum absolute atomic E-state index is 0.141. The minimum Gasteiger partial charge on any atom is -0.321 e. The van der Waals surface area contributed by atoms with Gasteiger partial charge in [-0.15, -0.1) is 22.7 Å². The Labute approximate surface area is 182 Å². The fraction of sp³-hybridized carbons (Fsp3) is 0.0870. The zero-order chi connectivity index (χ0) is 21.1. The monoisotopic (exact) mass is 433 g/mol.